The molecular formula is C18H19FN8OS. The summed E-state index contributed by atoms with van der Waals surface area (Å²) in [5, 5.41) is 11.7. The molecule has 0 aliphatic heterocycles. The molecular weight excluding hydrogens is 395 g/mol. The van der Waals surface area contributed by atoms with Crippen LogP contribution in [0.1, 0.15) is 19.5 Å². The number of nitrogens with one attached hydrogen (secondary N) is 1. The second-order valence-electron chi connectivity index (χ2n) is 6.91. The third kappa shape index (κ3) is 3.86. The lowest BCUT2D eigenvalue weighted by atomic mass is 10.2. The number of nitrogens with zero attached hydrogens (tertiary/aromatic N) is 6. The second-order valence-corrected chi connectivity index (χ2v) is 7.85. The van der Waals surface area contributed by atoms with Gasteiger partial charge in [-0.05, 0) is 18.1 Å². The number of rotatable bonds is 6. The van der Waals surface area contributed by atoms with Gasteiger partial charge >= 0.3 is 0 Å². The number of hydrogen-bond donors (Lipinski definition) is 2. The lowest BCUT2D eigenvalue weighted by Gasteiger charge is -2.12. The van der Waals surface area contributed by atoms with E-state index in [2.05, 4.69) is 39.1 Å². The maximum atomic E-state index is 14.3. The zero-order chi connectivity index (χ0) is 20.5. The maximum absolute atomic E-state index is 14.3. The van der Waals surface area contributed by atoms with E-state index in [1.807, 2.05) is 4.57 Å². The smallest absolute Gasteiger partial charge is 0.274 e. The van der Waals surface area contributed by atoms with Crippen molar-refractivity contribution in [2.24, 2.45) is 5.92 Å². The Morgan fingerprint density at radius 1 is 1.24 bits per heavy atom. The van der Waals surface area contributed by atoms with Gasteiger partial charge < -0.3 is 10.3 Å². The van der Waals surface area contributed by atoms with Gasteiger partial charge in [0.25, 0.3) is 11.3 Å². The Hall–Kier alpha value is -3.21. The summed E-state index contributed by atoms with van der Waals surface area (Å²) in [6, 6.07) is 7.90. The van der Waals surface area contributed by atoms with Crippen molar-refractivity contribution < 1.29 is 4.39 Å². The molecule has 0 fully saturated rings. The number of halogens is 1. The van der Waals surface area contributed by atoms with Gasteiger partial charge in [-0.2, -0.15) is 9.50 Å². The molecule has 150 valence electrons. The number of thioether (sulfide) groups is 1. The van der Waals surface area contributed by atoms with Gasteiger partial charge in [-0.25, -0.2) is 9.37 Å². The minimum absolute atomic E-state index is 0.116. The third-order valence-corrected chi connectivity index (χ3v) is 5.13. The predicted octanol–water partition coefficient (Wildman–Crippen LogP) is 2.35. The minimum atomic E-state index is -0.349. The zero-order valence-corrected chi connectivity index (χ0v) is 16.6. The van der Waals surface area contributed by atoms with Crippen molar-refractivity contribution in [3.63, 3.8) is 0 Å². The summed E-state index contributed by atoms with van der Waals surface area (Å²) in [6.07, 6.45) is 0. The molecule has 29 heavy (non-hydrogen) atoms. The summed E-state index contributed by atoms with van der Waals surface area (Å²) in [7, 11) is 0. The number of H-pyrrole nitrogens is 1. The zero-order valence-electron chi connectivity index (χ0n) is 15.8. The SMILES string of the molecule is CC(C)Cn1c(SCc2cc(=O)n3[nH]c(N)nc3n2)nnc1-c1ccccc1F. The van der Waals surface area contributed by atoms with E-state index in [0.717, 1.165) is 0 Å². The van der Waals surface area contributed by atoms with Gasteiger partial charge in [-0.1, -0.05) is 37.7 Å². The molecule has 0 unspecified atom stereocenters. The van der Waals surface area contributed by atoms with E-state index in [1.54, 1.807) is 18.2 Å². The maximum Gasteiger partial charge on any atom is 0.274 e. The molecule has 1 aromatic carbocycles. The number of aromatic nitrogens is 7. The van der Waals surface area contributed by atoms with Crippen molar-refractivity contribution in [3.05, 3.63) is 52.2 Å². The van der Waals surface area contributed by atoms with Crippen LogP contribution in [-0.2, 0) is 12.3 Å². The van der Waals surface area contributed by atoms with Crippen LogP contribution in [0.4, 0.5) is 10.3 Å². The van der Waals surface area contributed by atoms with Crippen LogP contribution in [0.15, 0.2) is 40.3 Å². The number of benzene rings is 1. The fourth-order valence-corrected chi connectivity index (χ4v) is 3.76. The van der Waals surface area contributed by atoms with Crippen molar-refractivity contribution in [1.82, 2.24) is 34.3 Å². The first kappa shape index (κ1) is 19.1. The topological polar surface area (TPSA) is 120 Å². The van der Waals surface area contributed by atoms with Crippen LogP contribution < -0.4 is 11.3 Å². The first-order chi connectivity index (χ1) is 13.9. The molecule has 3 N–H and O–H groups in total. The lowest BCUT2D eigenvalue weighted by molar-refractivity contribution is 0.496. The standard InChI is InChI=1S/C18H19FN8OS/c1-10(2)8-26-15(12-5-3-4-6-13(12)19)23-24-18(26)29-9-11-7-14(28)27-17(21-11)22-16(20)25-27/h3-7,10H,8-9H2,1-2H3,(H3,20,21,22,25). The highest BCUT2D eigenvalue weighted by Crippen LogP contribution is 2.28. The van der Waals surface area contributed by atoms with E-state index in [1.165, 1.54) is 28.4 Å². The van der Waals surface area contributed by atoms with Crippen LogP contribution in [0.5, 0.6) is 0 Å². The summed E-state index contributed by atoms with van der Waals surface area (Å²) >= 11 is 1.37. The summed E-state index contributed by atoms with van der Waals surface area (Å²) in [4.78, 5) is 20.5. The Bertz CT molecular complexity index is 1230. The van der Waals surface area contributed by atoms with Gasteiger partial charge in [0, 0.05) is 18.4 Å². The van der Waals surface area contributed by atoms with Gasteiger partial charge in [0.2, 0.25) is 5.95 Å². The highest BCUT2D eigenvalue weighted by Gasteiger charge is 2.18. The van der Waals surface area contributed by atoms with E-state index in [-0.39, 0.29) is 23.1 Å². The summed E-state index contributed by atoms with van der Waals surface area (Å²) in [6.45, 7) is 4.76. The molecule has 0 spiro atoms. The largest absolute Gasteiger partial charge is 0.368 e. The molecule has 4 rings (SSSR count). The molecule has 0 saturated heterocycles. The molecule has 0 amide bonds. The molecule has 0 saturated carbocycles. The van der Waals surface area contributed by atoms with Gasteiger partial charge in [0.15, 0.2) is 11.0 Å². The normalized spacial score (nSPS) is 11.6. The fraction of sp³-hybridized carbons (Fsp3) is 0.278. The first-order valence-electron chi connectivity index (χ1n) is 8.97. The number of aromatic amines is 1. The second kappa shape index (κ2) is 7.66. The van der Waals surface area contributed by atoms with Crippen LogP contribution in [0.3, 0.4) is 0 Å². The Labute approximate surface area is 169 Å². The summed E-state index contributed by atoms with van der Waals surface area (Å²) < 4.78 is 17.4. The fourth-order valence-electron chi connectivity index (χ4n) is 2.92. The van der Waals surface area contributed by atoms with Crippen molar-refractivity contribution in [2.75, 3.05) is 5.73 Å². The highest BCUT2D eigenvalue weighted by atomic mass is 32.2. The number of fused-ring (bicyclic) bond motifs is 1. The predicted molar refractivity (Wildman–Crippen MR) is 108 cm³/mol. The number of nitrogens with two attached hydrogens (primary N) is 1. The van der Waals surface area contributed by atoms with Crippen LogP contribution in [0.2, 0.25) is 0 Å². The van der Waals surface area contributed by atoms with E-state index in [9.17, 15) is 9.18 Å². The van der Waals surface area contributed by atoms with E-state index in [4.69, 9.17) is 5.73 Å². The highest BCUT2D eigenvalue weighted by molar-refractivity contribution is 7.98. The average molecular weight is 414 g/mol. The van der Waals surface area contributed by atoms with Crippen LogP contribution in [-0.4, -0.2) is 34.3 Å². The third-order valence-electron chi connectivity index (χ3n) is 4.13. The molecule has 0 aliphatic rings. The number of anilines is 1. The molecule has 3 aromatic heterocycles. The van der Waals surface area contributed by atoms with E-state index < -0.39 is 0 Å². The van der Waals surface area contributed by atoms with Gasteiger partial charge in [-0.15, -0.1) is 10.2 Å². The van der Waals surface area contributed by atoms with Gasteiger partial charge in [0.1, 0.15) is 5.82 Å². The van der Waals surface area contributed by atoms with E-state index in [0.29, 0.717) is 40.5 Å². The number of hydrogen-bond acceptors (Lipinski definition) is 7. The average Bonchev–Trinajstić information content (AvgIpc) is 3.23. The van der Waals surface area contributed by atoms with Gasteiger partial charge in [-0.3, -0.25) is 9.89 Å². The quantitative estimate of drug-likeness (QED) is 0.465. The van der Waals surface area contributed by atoms with Crippen molar-refractivity contribution in [3.8, 4) is 11.4 Å². The summed E-state index contributed by atoms with van der Waals surface area (Å²) in [5.74, 6) is 1.14. The molecule has 0 radical (unpaired) electrons. The van der Waals surface area contributed by atoms with E-state index >= 15 is 0 Å². The van der Waals surface area contributed by atoms with Crippen LogP contribution in [0, 0.1) is 11.7 Å². The van der Waals surface area contributed by atoms with Crippen molar-refractivity contribution in [2.45, 2.75) is 31.3 Å². The molecule has 9 nitrogen and oxygen atoms in total. The molecule has 0 aliphatic carbocycles. The first-order valence-corrected chi connectivity index (χ1v) is 9.96. The molecule has 3 heterocycles. The molecule has 11 heteroatoms. The summed E-state index contributed by atoms with van der Waals surface area (Å²) in [5.41, 5.74) is 6.23. The lowest BCUT2D eigenvalue weighted by Crippen LogP contribution is -2.15. The Morgan fingerprint density at radius 3 is 2.79 bits per heavy atom. The molecule has 0 atom stereocenters. The monoisotopic (exact) mass is 414 g/mol. The Morgan fingerprint density at radius 2 is 2.03 bits per heavy atom. The Balaban J connectivity index is 1.65. The minimum Gasteiger partial charge on any atom is -0.368 e. The van der Waals surface area contributed by atoms with Crippen LogP contribution in [0.25, 0.3) is 17.2 Å². The Kier molecular flexibility index (Phi) is 5.05. The van der Waals surface area contributed by atoms with Gasteiger partial charge in [0.05, 0.1) is 11.3 Å². The van der Waals surface area contributed by atoms with Crippen molar-refractivity contribution >= 4 is 23.5 Å². The van der Waals surface area contributed by atoms with Crippen molar-refractivity contribution in [1.29, 1.82) is 0 Å². The number of nitrogen functional groups attached to an aromatic ring is 1. The molecule has 0 bridgehead atoms. The van der Waals surface area contributed by atoms with Crippen LogP contribution >= 0.6 is 11.8 Å². The molecule has 4 aromatic rings.